The topological polar surface area (TPSA) is 25.8 Å². The van der Waals surface area contributed by atoms with Crippen LogP contribution in [0.5, 0.6) is 0 Å². The number of aromatic nitrogens is 2. The molecule has 2 nitrogen and oxygen atoms in total. The second-order valence-electron chi connectivity index (χ2n) is 11.0. The molecule has 0 spiro atoms. The normalized spacial score (nSPS) is 12.2. The SMILES string of the molecule is Cc1nc2c(-c3ccc(-c4ccc5ccc6cccc7ccc4c5c67)cc3)ccc3c(C)nc4cccc1c4c32. The van der Waals surface area contributed by atoms with E-state index >= 15 is 0 Å². The Labute approximate surface area is 231 Å². The van der Waals surface area contributed by atoms with Crippen molar-refractivity contribution in [1.82, 2.24) is 9.97 Å². The molecule has 0 bridgehead atoms. The van der Waals surface area contributed by atoms with Crippen LogP contribution in [0.15, 0.2) is 109 Å². The molecule has 0 N–H and O–H groups in total. The van der Waals surface area contributed by atoms with Gasteiger partial charge in [-0.15, -0.1) is 0 Å². The maximum absolute atomic E-state index is 5.16. The first-order chi connectivity index (χ1) is 19.7. The third-order valence-corrected chi connectivity index (χ3v) is 8.85. The van der Waals surface area contributed by atoms with Gasteiger partial charge in [0.15, 0.2) is 0 Å². The van der Waals surface area contributed by atoms with E-state index in [1.807, 2.05) is 0 Å². The van der Waals surface area contributed by atoms with Crippen LogP contribution < -0.4 is 0 Å². The van der Waals surface area contributed by atoms with Crippen LogP contribution in [0.4, 0.5) is 0 Å². The summed E-state index contributed by atoms with van der Waals surface area (Å²) < 4.78 is 0. The Morgan fingerprint density at radius 3 is 1.77 bits per heavy atom. The number of rotatable bonds is 2. The Morgan fingerprint density at radius 1 is 0.400 bits per heavy atom. The van der Waals surface area contributed by atoms with Crippen LogP contribution in [0.1, 0.15) is 11.4 Å². The quantitative estimate of drug-likeness (QED) is 0.217. The molecule has 9 rings (SSSR count). The third-order valence-electron chi connectivity index (χ3n) is 8.85. The molecule has 2 heterocycles. The molecule has 40 heavy (non-hydrogen) atoms. The maximum atomic E-state index is 5.16. The summed E-state index contributed by atoms with van der Waals surface area (Å²) in [5.41, 5.74) is 9.02. The van der Waals surface area contributed by atoms with Gasteiger partial charge in [0, 0.05) is 38.5 Å². The van der Waals surface area contributed by atoms with E-state index in [1.165, 1.54) is 70.6 Å². The molecule has 0 radical (unpaired) electrons. The summed E-state index contributed by atoms with van der Waals surface area (Å²) in [7, 11) is 0. The first-order valence-corrected chi connectivity index (χ1v) is 13.8. The number of pyridine rings is 2. The monoisotopic (exact) mass is 508 g/mol. The van der Waals surface area contributed by atoms with Crippen LogP contribution in [0.2, 0.25) is 0 Å². The molecular formula is C38H24N2. The molecule has 0 unspecified atom stereocenters. The molecule has 0 aliphatic carbocycles. The minimum Gasteiger partial charge on any atom is -0.252 e. The van der Waals surface area contributed by atoms with Crippen molar-refractivity contribution < 1.29 is 0 Å². The van der Waals surface area contributed by atoms with E-state index in [0.29, 0.717) is 0 Å². The van der Waals surface area contributed by atoms with Gasteiger partial charge in [-0.2, -0.15) is 0 Å². The lowest BCUT2D eigenvalue weighted by molar-refractivity contribution is 1.26. The zero-order chi connectivity index (χ0) is 26.5. The van der Waals surface area contributed by atoms with E-state index in [9.17, 15) is 0 Å². The highest BCUT2D eigenvalue weighted by atomic mass is 14.7. The maximum Gasteiger partial charge on any atom is 0.0797 e. The van der Waals surface area contributed by atoms with Crippen molar-refractivity contribution in [2.45, 2.75) is 13.8 Å². The van der Waals surface area contributed by atoms with Crippen molar-refractivity contribution in [1.29, 1.82) is 0 Å². The molecule has 186 valence electrons. The summed E-state index contributed by atoms with van der Waals surface area (Å²) >= 11 is 0. The molecule has 0 aliphatic rings. The lowest BCUT2D eigenvalue weighted by Gasteiger charge is -2.16. The van der Waals surface area contributed by atoms with Crippen molar-refractivity contribution in [2.75, 3.05) is 0 Å². The zero-order valence-electron chi connectivity index (χ0n) is 22.3. The first kappa shape index (κ1) is 21.8. The van der Waals surface area contributed by atoms with E-state index in [2.05, 4.69) is 123 Å². The van der Waals surface area contributed by atoms with Crippen molar-refractivity contribution in [3.8, 4) is 22.3 Å². The number of benzene rings is 7. The molecule has 2 heteroatoms. The van der Waals surface area contributed by atoms with Crippen LogP contribution in [0, 0.1) is 13.8 Å². The van der Waals surface area contributed by atoms with Gasteiger partial charge in [-0.1, -0.05) is 103 Å². The minimum absolute atomic E-state index is 1.04. The fraction of sp³-hybridized carbons (Fsp3) is 0.0526. The highest BCUT2D eigenvalue weighted by Gasteiger charge is 2.18. The van der Waals surface area contributed by atoms with Crippen LogP contribution >= 0.6 is 0 Å². The third kappa shape index (κ3) is 2.83. The number of nitrogens with zero attached hydrogens (tertiary/aromatic N) is 2. The summed E-state index contributed by atoms with van der Waals surface area (Å²) in [6.07, 6.45) is 0. The van der Waals surface area contributed by atoms with Gasteiger partial charge in [0.2, 0.25) is 0 Å². The average Bonchev–Trinajstić information content (AvgIpc) is 2.99. The number of aryl methyl sites for hydroxylation is 2. The molecule has 0 saturated carbocycles. The van der Waals surface area contributed by atoms with Gasteiger partial charge in [-0.3, -0.25) is 9.97 Å². The first-order valence-electron chi connectivity index (χ1n) is 13.8. The lowest BCUT2D eigenvalue weighted by Crippen LogP contribution is -1.97. The van der Waals surface area contributed by atoms with E-state index in [4.69, 9.17) is 9.97 Å². The Kier molecular flexibility index (Phi) is 4.22. The van der Waals surface area contributed by atoms with Gasteiger partial charge in [-0.05, 0) is 68.9 Å². The van der Waals surface area contributed by atoms with Gasteiger partial charge < -0.3 is 0 Å². The second kappa shape index (κ2) is 7.74. The Balaban J connectivity index is 1.25. The van der Waals surface area contributed by atoms with Gasteiger partial charge in [-0.25, -0.2) is 0 Å². The predicted octanol–water partition coefficient (Wildman–Crippen LogP) is 10.2. The smallest absolute Gasteiger partial charge is 0.0797 e. The largest absolute Gasteiger partial charge is 0.252 e. The van der Waals surface area contributed by atoms with Gasteiger partial charge in [0.1, 0.15) is 0 Å². The second-order valence-corrected chi connectivity index (χ2v) is 11.0. The van der Waals surface area contributed by atoms with Crippen LogP contribution in [0.3, 0.4) is 0 Å². The van der Waals surface area contributed by atoms with Gasteiger partial charge in [0.25, 0.3) is 0 Å². The van der Waals surface area contributed by atoms with Crippen molar-refractivity contribution in [3.05, 3.63) is 121 Å². The van der Waals surface area contributed by atoms with Gasteiger partial charge >= 0.3 is 0 Å². The molecule has 0 atom stereocenters. The highest BCUT2D eigenvalue weighted by Crippen LogP contribution is 2.42. The van der Waals surface area contributed by atoms with Crippen molar-refractivity contribution in [3.63, 3.8) is 0 Å². The molecule has 9 aromatic rings. The summed E-state index contributed by atoms with van der Waals surface area (Å²) in [5.74, 6) is 0. The van der Waals surface area contributed by atoms with Crippen LogP contribution in [-0.4, -0.2) is 9.97 Å². The molecular weight excluding hydrogens is 484 g/mol. The predicted molar refractivity (Wildman–Crippen MR) is 170 cm³/mol. The Bertz CT molecular complexity index is 2420. The van der Waals surface area contributed by atoms with Gasteiger partial charge in [0.05, 0.1) is 11.0 Å². The minimum atomic E-state index is 1.04. The fourth-order valence-electron chi connectivity index (χ4n) is 6.98. The molecule has 0 aliphatic heterocycles. The van der Waals surface area contributed by atoms with Crippen molar-refractivity contribution in [2.24, 2.45) is 0 Å². The zero-order valence-corrected chi connectivity index (χ0v) is 22.3. The molecule has 0 amide bonds. The summed E-state index contributed by atoms with van der Waals surface area (Å²) in [4.78, 5) is 10.1. The summed E-state index contributed by atoms with van der Waals surface area (Å²) in [6, 6.07) is 40.0. The molecule has 0 fully saturated rings. The van der Waals surface area contributed by atoms with E-state index in [-0.39, 0.29) is 0 Å². The van der Waals surface area contributed by atoms with E-state index in [1.54, 1.807) is 0 Å². The average molecular weight is 509 g/mol. The lowest BCUT2D eigenvalue weighted by atomic mass is 9.89. The summed E-state index contributed by atoms with van der Waals surface area (Å²) in [5, 5.41) is 12.7. The highest BCUT2D eigenvalue weighted by molar-refractivity contribution is 6.26. The van der Waals surface area contributed by atoms with Crippen molar-refractivity contribution >= 4 is 64.9 Å². The summed E-state index contributed by atoms with van der Waals surface area (Å²) in [6.45, 7) is 4.21. The van der Waals surface area contributed by atoms with Crippen LogP contribution in [0.25, 0.3) is 87.1 Å². The van der Waals surface area contributed by atoms with E-state index in [0.717, 1.165) is 28.0 Å². The number of hydrogen-bond donors (Lipinski definition) is 0. The van der Waals surface area contributed by atoms with E-state index < -0.39 is 0 Å². The Morgan fingerprint density at radius 2 is 0.975 bits per heavy atom. The number of hydrogen-bond acceptors (Lipinski definition) is 2. The standard InChI is InChI=1S/C38H24N2/c1-21-29-19-20-31(38-37(29)36-28(22(2)40-38)7-4-8-33(36)39-21)24-11-9-23(10-12-24)30-17-15-27-14-13-25-5-3-6-26-16-18-32(30)35(27)34(25)26/h3-20H,1-2H3. The van der Waals surface area contributed by atoms with Crippen LogP contribution in [-0.2, 0) is 0 Å². The molecule has 0 saturated heterocycles. The fourth-order valence-corrected chi connectivity index (χ4v) is 6.98. The molecule has 2 aromatic heterocycles. The molecule has 7 aromatic carbocycles. The Hall–Kier alpha value is -5.08.